The molecule has 0 radical (unpaired) electrons. The molecule has 29 heavy (non-hydrogen) atoms. The van der Waals surface area contributed by atoms with Crippen LogP contribution in [0.3, 0.4) is 0 Å². The van der Waals surface area contributed by atoms with Crippen LogP contribution in [-0.4, -0.2) is 79.5 Å². The zero-order valence-corrected chi connectivity index (χ0v) is 17.3. The van der Waals surface area contributed by atoms with Gasteiger partial charge in [-0.1, -0.05) is 83.3 Å². The van der Waals surface area contributed by atoms with Crippen LogP contribution in [0.5, 0.6) is 5.75 Å². The molecule has 1 amide bonds. The number of hydrogen-bond acceptors (Lipinski definition) is 3. The number of carboxylic acid groups (broad SMARTS) is 1. The first-order valence-electron chi connectivity index (χ1n) is 10.8. The number of hydrogen-bond donors (Lipinski definition) is 3. The fourth-order valence-corrected chi connectivity index (χ4v) is 3.28. The number of aromatic hydroxyl groups is 1. The molecule has 1 atom stereocenters. The van der Waals surface area contributed by atoms with E-state index in [1.165, 1.54) is 63.5 Å². The number of phenolic OH excluding ortho intramolecular Hbond substituents is 1. The molecule has 0 aliphatic heterocycles. The fraction of sp³-hybridized carbons (Fsp3) is 0.652. The molecule has 1 aromatic rings. The van der Waals surface area contributed by atoms with Crippen molar-refractivity contribution in [2.75, 3.05) is 0 Å². The van der Waals surface area contributed by atoms with E-state index in [-0.39, 0.29) is 69.5 Å². The maximum absolute atomic E-state index is 12.0. The number of rotatable bonds is 16. The molecule has 0 fully saturated rings. The van der Waals surface area contributed by atoms with Gasteiger partial charge in [-0.15, -0.1) is 0 Å². The van der Waals surface area contributed by atoms with Gasteiger partial charge in [0.25, 0.3) is 0 Å². The first-order chi connectivity index (χ1) is 13.5. The average Bonchev–Trinajstić information content (AvgIpc) is 2.67. The Balaban J connectivity index is 0.00000784. The van der Waals surface area contributed by atoms with Gasteiger partial charge in [-0.2, -0.15) is 0 Å². The molecular weight excluding hydrogens is 393 g/mol. The van der Waals surface area contributed by atoms with Gasteiger partial charge in [0.2, 0.25) is 5.91 Å². The molecule has 160 valence electrons. The van der Waals surface area contributed by atoms with Crippen LogP contribution in [0.2, 0.25) is 0 Å². The molecule has 1 rings (SSSR count). The number of benzene rings is 1. The van der Waals surface area contributed by atoms with Gasteiger partial charge in [0.1, 0.15) is 11.8 Å². The SMILES string of the molecule is CCCCCCCCCCCCCC(=O)N[C@H](Cc1ccc(O)cc1)C(=O)O.[KH]. The van der Waals surface area contributed by atoms with Crippen LogP contribution in [0, 0.1) is 0 Å². The van der Waals surface area contributed by atoms with Gasteiger partial charge in [-0.05, 0) is 24.1 Å². The minimum atomic E-state index is -1.04. The summed E-state index contributed by atoms with van der Waals surface area (Å²) in [5.74, 6) is -1.11. The molecule has 6 heteroatoms. The van der Waals surface area contributed by atoms with E-state index in [4.69, 9.17) is 0 Å². The molecule has 0 saturated heterocycles. The second-order valence-corrected chi connectivity index (χ2v) is 7.61. The summed E-state index contributed by atoms with van der Waals surface area (Å²) in [6.07, 6.45) is 14.0. The van der Waals surface area contributed by atoms with Crippen molar-refractivity contribution in [2.45, 2.75) is 96.4 Å². The van der Waals surface area contributed by atoms with Crippen LogP contribution >= 0.6 is 0 Å². The number of phenols is 1. The summed E-state index contributed by atoms with van der Waals surface area (Å²) in [5, 5.41) is 21.2. The van der Waals surface area contributed by atoms with E-state index >= 15 is 0 Å². The summed E-state index contributed by atoms with van der Waals surface area (Å²) in [4.78, 5) is 23.4. The molecule has 0 aliphatic rings. The summed E-state index contributed by atoms with van der Waals surface area (Å²) in [6, 6.07) is 5.43. The normalized spacial score (nSPS) is 11.5. The summed E-state index contributed by atoms with van der Waals surface area (Å²) >= 11 is 0. The van der Waals surface area contributed by atoms with E-state index < -0.39 is 12.0 Å². The van der Waals surface area contributed by atoms with E-state index in [0.29, 0.717) is 6.42 Å². The van der Waals surface area contributed by atoms with E-state index in [9.17, 15) is 19.8 Å². The van der Waals surface area contributed by atoms with Crippen LogP contribution in [0.4, 0.5) is 0 Å². The Morgan fingerprint density at radius 1 is 0.862 bits per heavy atom. The van der Waals surface area contributed by atoms with Crippen molar-refractivity contribution in [3.8, 4) is 5.75 Å². The van der Waals surface area contributed by atoms with Crippen molar-refractivity contribution >= 4 is 63.3 Å². The summed E-state index contributed by atoms with van der Waals surface area (Å²) in [5.41, 5.74) is 0.764. The third-order valence-electron chi connectivity index (χ3n) is 5.02. The Morgan fingerprint density at radius 3 is 1.83 bits per heavy atom. The Hall–Kier alpha value is -0.404. The van der Waals surface area contributed by atoms with E-state index in [0.717, 1.165) is 24.8 Å². The average molecular weight is 432 g/mol. The van der Waals surface area contributed by atoms with E-state index in [1.54, 1.807) is 12.1 Å². The standard InChI is InChI=1S/C23H37NO4.K.H/c1-2-3-4-5-6-7-8-9-10-11-12-13-22(26)24-21(23(27)28)18-19-14-16-20(25)17-15-19;;/h14-17,21,25H,2-13,18H2,1H3,(H,24,26)(H,27,28);;/t21-;;/m1../s1. The van der Waals surface area contributed by atoms with Crippen molar-refractivity contribution in [1.82, 2.24) is 5.32 Å². The van der Waals surface area contributed by atoms with Crippen LogP contribution in [0.15, 0.2) is 24.3 Å². The molecular formula is C23H38KNO4. The molecule has 0 aliphatic carbocycles. The predicted octanol–water partition coefficient (Wildman–Crippen LogP) is 4.56. The zero-order valence-electron chi connectivity index (χ0n) is 17.3. The first kappa shape index (κ1) is 28.6. The number of nitrogens with one attached hydrogen (secondary N) is 1. The monoisotopic (exact) mass is 431 g/mol. The molecule has 0 spiro atoms. The van der Waals surface area contributed by atoms with Crippen LogP contribution in [0.1, 0.15) is 89.5 Å². The number of carboxylic acids is 1. The summed E-state index contributed by atoms with van der Waals surface area (Å²) in [7, 11) is 0. The third-order valence-corrected chi connectivity index (χ3v) is 5.02. The number of carbonyl (C=O) groups is 2. The van der Waals surface area contributed by atoms with Crippen molar-refractivity contribution in [1.29, 1.82) is 0 Å². The molecule has 0 aromatic heterocycles. The summed E-state index contributed by atoms with van der Waals surface area (Å²) < 4.78 is 0. The van der Waals surface area contributed by atoms with Gasteiger partial charge in [0.05, 0.1) is 0 Å². The Labute approximate surface area is 218 Å². The molecule has 5 nitrogen and oxygen atoms in total. The Morgan fingerprint density at radius 2 is 1.34 bits per heavy atom. The molecule has 0 heterocycles. The van der Waals surface area contributed by atoms with Gasteiger partial charge in [-0.3, -0.25) is 4.79 Å². The maximum atomic E-state index is 12.0. The predicted molar refractivity (Wildman–Crippen MR) is 120 cm³/mol. The van der Waals surface area contributed by atoms with Crippen molar-refractivity contribution in [2.24, 2.45) is 0 Å². The van der Waals surface area contributed by atoms with Crippen LogP contribution in [0.25, 0.3) is 0 Å². The van der Waals surface area contributed by atoms with Crippen molar-refractivity contribution in [3.05, 3.63) is 29.8 Å². The number of amides is 1. The number of aliphatic carboxylic acids is 1. The number of carbonyl (C=O) groups excluding carboxylic acids is 1. The van der Waals surface area contributed by atoms with Crippen LogP contribution in [-0.2, 0) is 16.0 Å². The van der Waals surface area contributed by atoms with Gasteiger partial charge >= 0.3 is 57.4 Å². The molecule has 0 bridgehead atoms. The van der Waals surface area contributed by atoms with Gasteiger partial charge in [0, 0.05) is 12.8 Å². The second-order valence-electron chi connectivity index (χ2n) is 7.61. The quantitative estimate of drug-likeness (QED) is 0.265. The number of unbranched alkanes of at least 4 members (excludes halogenated alkanes) is 10. The molecule has 0 saturated carbocycles. The van der Waals surface area contributed by atoms with E-state index in [2.05, 4.69) is 12.2 Å². The van der Waals surface area contributed by atoms with Gasteiger partial charge in [-0.25, -0.2) is 4.79 Å². The summed E-state index contributed by atoms with van der Waals surface area (Å²) in [6.45, 7) is 2.23. The minimum absolute atomic E-state index is 0. The first-order valence-corrected chi connectivity index (χ1v) is 10.8. The molecule has 0 unspecified atom stereocenters. The van der Waals surface area contributed by atoms with Crippen molar-refractivity contribution in [3.63, 3.8) is 0 Å². The van der Waals surface area contributed by atoms with Gasteiger partial charge in [0.15, 0.2) is 0 Å². The fourth-order valence-electron chi connectivity index (χ4n) is 3.28. The molecule has 1 aromatic carbocycles. The van der Waals surface area contributed by atoms with E-state index in [1.807, 2.05) is 0 Å². The second kappa shape index (κ2) is 18.4. The van der Waals surface area contributed by atoms with Gasteiger partial charge < -0.3 is 15.5 Å². The Bertz CT molecular complexity index is 563. The van der Waals surface area contributed by atoms with Crippen molar-refractivity contribution < 1.29 is 19.8 Å². The Kier molecular flexibility index (Phi) is 18.1. The zero-order chi connectivity index (χ0) is 20.6. The van der Waals surface area contributed by atoms with Crippen LogP contribution < -0.4 is 5.32 Å². The molecule has 3 N–H and O–H groups in total. The third kappa shape index (κ3) is 15.1. The topological polar surface area (TPSA) is 86.6 Å².